The topological polar surface area (TPSA) is 70.1 Å². The number of carbonyl (C=O) groups is 2. The van der Waals surface area contributed by atoms with E-state index >= 15 is 0 Å². The largest absolute Gasteiger partial charge is 0.507 e. The van der Waals surface area contributed by atoms with E-state index in [0.29, 0.717) is 12.5 Å². The molecule has 0 unspecified atom stereocenters. The van der Waals surface area contributed by atoms with E-state index in [4.69, 9.17) is 4.74 Å². The number of fused-ring (bicyclic) bond motifs is 1. The fourth-order valence-electron chi connectivity index (χ4n) is 4.95. The first-order valence-corrected chi connectivity index (χ1v) is 11.4. The van der Waals surface area contributed by atoms with Crippen LogP contribution in [0.1, 0.15) is 54.4 Å². The van der Waals surface area contributed by atoms with Crippen molar-refractivity contribution in [2.75, 3.05) is 33.3 Å². The van der Waals surface area contributed by atoms with Gasteiger partial charge in [-0.05, 0) is 55.6 Å². The molecule has 2 fully saturated rings. The van der Waals surface area contributed by atoms with Gasteiger partial charge in [0.2, 0.25) is 5.91 Å². The first-order valence-electron chi connectivity index (χ1n) is 11.4. The minimum Gasteiger partial charge on any atom is -0.507 e. The summed E-state index contributed by atoms with van der Waals surface area (Å²) in [6.07, 6.45) is 6.37. The fraction of sp³-hybridized carbons (Fsp3) is 0.520. The predicted molar refractivity (Wildman–Crippen MR) is 120 cm³/mol. The number of benzene rings is 2. The molecule has 31 heavy (non-hydrogen) atoms. The lowest BCUT2D eigenvalue weighted by Gasteiger charge is -2.34. The first-order chi connectivity index (χ1) is 15.1. The van der Waals surface area contributed by atoms with Crippen molar-refractivity contribution < 1.29 is 19.4 Å². The highest BCUT2D eigenvalue weighted by Gasteiger charge is 2.29. The number of likely N-dealkylation sites (tertiary alicyclic amines) is 2. The Morgan fingerprint density at radius 1 is 1.03 bits per heavy atom. The van der Waals surface area contributed by atoms with Crippen LogP contribution in [0, 0.1) is 5.92 Å². The third-order valence-electron chi connectivity index (χ3n) is 6.77. The third-order valence-corrected chi connectivity index (χ3v) is 6.77. The molecule has 0 saturated carbocycles. The monoisotopic (exact) mass is 424 g/mol. The number of phenols is 1. The van der Waals surface area contributed by atoms with Crippen LogP contribution in [0.15, 0.2) is 30.3 Å². The van der Waals surface area contributed by atoms with Gasteiger partial charge in [0.05, 0.1) is 7.11 Å². The molecule has 2 aromatic rings. The fourth-order valence-corrected chi connectivity index (χ4v) is 4.95. The van der Waals surface area contributed by atoms with Gasteiger partial charge in [0.25, 0.3) is 0 Å². The summed E-state index contributed by atoms with van der Waals surface area (Å²) in [5, 5.41) is 12.7. The van der Waals surface area contributed by atoms with Gasteiger partial charge in [0.1, 0.15) is 11.3 Å². The van der Waals surface area contributed by atoms with E-state index in [9.17, 15) is 14.7 Å². The molecule has 6 heteroatoms. The summed E-state index contributed by atoms with van der Waals surface area (Å²) in [4.78, 5) is 29.5. The van der Waals surface area contributed by atoms with Crippen LogP contribution in [-0.4, -0.2) is 60.1 Å². The predicted octanol–water partition coefficient (Wildman–Crippen LogP) is 3.95. The molecule has 0 aromatic heterocycles. The maximum absolute atomic E-state index is 13.0. The van der Waals surface area contributed by atoms with Crippen molar-refractivity contribution in [2.24, 2.45) is 5.92 Å². The number of phenolic OH excluding ortho intramolecular Hbond substituents is 1. The highest BCUT2D eigenvalue weighted by molar-refractivity contribution is 6.00. The molecule has 1 N–H and O–H groups in total. The number of methoxy groups -OCH3 is 1. The summed E-state index contributed by atoms with van der Waals surface area (Å²) in [6.45, 7) is 3.96. The molecule has 166 valence electrons. The molecule has 0 bridgehead atoms. The van der Waals surface area contributed by atoms with Crippen molar-refractivity contribution in [1.82, 2.24) is 9.80 Å². The van der Waals surface area contributed by atoms with Crippen molar-refractivity contribution in [2.45, 2.75) is 45.1 Å². The number of nitrogens with zero attached hydrogens (tertiary/aromatic N) is 2. The van der Waals surface area contributed by atoms with Crippen molar-refractivity contribution in [1.29, 1.82) is 0 Å². The Morgan fingerprint density at radius 2 is 1.71 bits per heavy atom. The summed E-state index contributed by atoms with van der Waals surface area (Å²) >= 11 is 0. The zero-order valence-electron chi connectivity index (χ0n) is 18.3. The van der Waals surface area contributed by atoms with Gasteiger partial charge in [0, 0.05) is 31.1 Å². The van der Waals surface area contributed by atoms with Gasteiger partial charge >= 0.3 is 5.97 Å². The second-order valence-corrected chi connectivity index (χ2v) is 8.75. The van der Waals surface area contributed by atoms with E-state index in [0.717, 1.165) is 68.2 Å². The SMILES string of the molecule is COC(=O)c1cc2ccccc2c(CN2CCC(C(=O)N3CCCCCC3)CC2)c1O. The number of carbonyl (C=O) groups excluding carboxylic acids is 2. The molecule has 2 aromatic carbocycles. The summed E-state index contributed by atoms with van der Waals surface area (Å²) in [6, 6.07) is 9.46. The Kier molecular flexibility index (Phi) is 6.76. The van der Waals surface area contributed by atoms with Crippen LogP contribution in [-0.2, 0) is 16.1 Å². The minimum atomic E-state index is -0.536. The minimum absolute atomic E-state index is 0.00619. The van der Waals surface area contributed by atoms with E-state index in [-0.39, 0.29) is 17.2 Å². The van der Waals surface area contributed by atoms with Gasteiger partial charge in [-0.2, -0.15) is 0 Å². The summed E-state index contributed by atoms with van der Waals surface area (Å²) < 4.78 is 4.86. The molecule has 2 aliphatic heterocycles. The molecule has 0 aliphatic carbocycles. The van der Waals surface area contributed by atoms with Crippen LogP contribution in [0.4, 0.5) is 0 Å². The Balaban J connectivity index is 1.47. The summed E-state index contributed by atoms with van der Waals surface area (Å²) in [7, 11) is 1.32. The van der Waals surface area contributed by atoms with Gasteiger partial charge in [-0.15, -0.1) is 0 Å². The molecule has 0 radical (unpaired) electrons. The van der Waals surface area contributed by atoms with E-state index in [2.05, 4.69) is 9.80 Å². The quantitative estimate of drug-likeness (QED) is 0.753. The Morgan fingerprint density at radius 3 is 2.39 bits per heavy atom. The lowest BCUT2D eigenvalue weighted by molar-refractivity contribution is -0.137. The average Bonchev–Trinajstić information content (AvgIpc) is 3.10. The number of rotatable bonds is 4. The maximum Gasteiger partial charge on any atom is 0.341 e. The average molecular weight is 425 g/mol. The number of esters is 1. The van der Waals surface area contributed by atoms with Gasteiger partial charge in [-0.25, -0.2) is 4.79 Å². The van der Waals surface area contributed by atoms with Crippen LogP contribution in [0.25, 0.3) is 10.8 Å². The van der Waals surface area contributed by atoms with Crippen LogP contribution >= 0.6 is 0 Å². The third kappa shape index (κ3) is 4.69. The summed E-state index contributed by atoms with van der Waals surface area (Å²) in [5.41, 5.74) is 0.943. The zero-order chi connectivity index (χ0) is 21.8. The first kappa shape index (κ1) is 21.6. The van der Waals surface area contributed by atoms with E-state index in [1.807, 2.05) is 24.3 Å². The zero-order valence-corrected chi connectivity index (χ0v) is 18.3. The Hall–Kier alpha value is -2.60. The molecular formula is C25H32N2O4. The number of aromatic hydroxyl groups is 1. The molecule has 1 amide bonds. The molecule has 2 heterocycles. The van der Waals surface area contributed by atoms with Crippen LogP contribution in [0.2, 0.25) is 0 Å². The molecule has 0 spiro atoms. The van der Waals surface area contributed by atoms with Gasteiger partial charge in [-0.1, -0.05) is 37.1 Å². The molecule has 4 rings (SSSR count). The number of hydrogen-bond acceptors (Lipinski definition) is 5. The molecular weight excluding hydrogens is 392 g/mol. The van der Waals surface area contributed by atoms with Gasteiger partial charge in [0.15, 0.2) is 0 Å². The Bertz CT molecular complexity index is 942. The van der Waals surface area contributed by atoms with E-state index < -0.39 is 5.97 Å². The molecule has 0 atom stereocenters. The van der Waals surface area contributed by atoms with Crippen molar-refractivity contribution in [3.8, 4) is 5.75 Å². The number of hydrogen-bond donors (Lipinski definition) is 1. The number of ether oxygens (including phenoxy) is 1. The lowest BCUT2D eigenvalue weighted by Crippen LogP contribution is -2.42. The van der Waals surface area contributed by atoms with Crippen molar-refractivity contribution >= 4 is 22.6 Å². The van der Waals surface area contributed by atoms with E-state index in [1.165, 1.54) is 20.0 Å². The Labute approximate surface area is 183 Å². The van der Waals surface area contributed by atoms with E-state index in [1.54, 1.807) is 6.07 Å². The van der Waals surface area contributed by atoms with Crippen LogP contribution in [0.5, 0.6) is 5.75 Å². The molecule has 2 aliphatic rings. The lowest BCUT2D eigenvalue weighted by atomic mass is 9.93. The van der Waals surface area contributed by atoms with Crippen LogP contribution < -0.4 is 0 Å². The summed E-state index contributed by atoms with van der Waals surface area (Å²) in [5.74, 6) is -0.122. The highest BCUT2D eigenvalue weighted by Crippen LogP contribution is 2.34. The second-order valence-electron chi connectivity index (χ2n) is 8.75. The molecule has 6 nitrogen and oxygen atoms in total. The van der Waals surface area contributed by atoms with Gasteiger partial charge < -0.3 is 14.7 Å². The standard InChI is InChI=1S/C25H32N2O4/c1-31-25(30)21-16-19-8-4-5-9-20(19)22(23(21)28)17-26-14-10-18(11-15-26)24(29)27-12-6-2-3-7-13-27/h4-5,8-9,16,18,28H,2-3,6-7,10-15,17H2,1H3. The number of amides is 1. The van der Waals surface area contributed by atoms with Gasteiger partial charge in [-0.3, -0.25) is 9.69 Å². The van der Waals surface area contributed by atoms with Crippen molar-refractivity contribution in [3.05, 3.63) is 41.5 Å². The van der Waals surface area contributed by atoms with Crippen molar-refractivity contribution in [3.63, 3.8) is 0 Å². The maximum atomic E-state index is 13.0. The van der Waals surface area contributed by atoms with Crippen LogP contribution in [0.3, 0.4) is 0 Å². The second kappa shape index (κ2) is 9.69. The highest BCUT2D eigenvalue weighted by atomic mass is 16.5. The normalized spacial score (nSPS) is 18.7. The number of piperidine rings is 1. The molecule has 2 saturated heterocycles. The smallest absolute Gasteiger partial charge is 0.341 e.